The zero-order valence-electron chi connectivity index (χ0n) is 13.7. The number of rotatable bonds is 2. The molecule has 4 nitrogen and oxygen atoms in total. The molecule has 3 rings (SSSR count). The van der Waals surface area contributed by atoms with Gasteiger partial charge in [-0.15, -0.1) is 0 Å². The molecule has 0 unspecified atom stereocenters. The van der Waals surface area contributed by atoms with Crippen LogP contribution in [0.3, 0.4) is 0 Å². The lowest BCUT2D eigenvalue weighted by atomic mass is 9.79. The number of benzene rings is 2. The Morgan fingerprint density at radius 3 is 1.74 bits per heavy atom. The lowest BCUT2D eigenvalue weighted by molar-refractivity contribution is -0.125. The van der Waals surface area contributed by atoms with Crippen LogP contribution in [0.4, 0.5) is 0 Å². The first-order chi connectivity index (χ1) is 10.9. The molecule has 0 bridgehead atoms. The summed E-state index contributed by atoms with van der Waals surface area (Å²) in [4.78, 5) is 19.1. The van der Waals surface area contributed by atoms with E-state index in [1.807, 2.05) is 86.3 Å². The van der Waals surface area contributed by atoms with Crippen molar-refractivity contribution in [2.45, 2.75) is 31.8 Å². The molecule has 0 saturated carbocycles. The van der Waals surface area contributed by atoms with Gasteiger partial charge < -0.3 is 10.6 Å². The summed E-state index contributed by atoms with van der Waals surface area (Å²) in [7, 11) is 0. The largest absolute Gasteiger partial charge is 0.369 e. The molecule has 2 N–H and O–H groups in total. The third-order valence-corrected chi connectivity index (χ3v) is 4.14. The molecule has 0 aliphatic carbocycles. The molecule has 2 aromatic carbocycles. The van der Waals surface area contributed by atoms with Gasteiger partial charge >= 0.3 is 0 Å². The summed E-state index contributed by atoms with van der Waals surface area (Å²) in [5.41, 5.74) is 6.51. The normalized spacial score (nSPS) is 17.3. The van der Waals surface area contributed by atoms with Crippen LogP contribution in [0.2, 0.25) is 0 Å². The molecule has 0 aromatic heterocycles. The van der Waals surface area contributed by atoms with Gasteiger partial charge in [0.2, 0.25) is 5.96 Å². The second-order valence-electron chi connectivity index (χ2n) is 6.72. The molecule has 0 atom stereocenters. The zero-order chi connectivity index (χ0) is 16.7. The molecule has 1 aliphatic heterocycles. The number of carbonyl (C=O) groups is 1. The van der Waals surface area contributed by atoms with Crippen molar-refractivity contribution < 1.29 is 4.79 Å². The van der Waals surface area contributed by atoms with Gasteiger partial charge in [0.25, 0.3) is 5.91 Å². The summed E-state index contributed by atoms with van der Waals surface area (Å²) in [5, 5.41) is 0. The van der Waals surface area contributed by atoms with Crippen LogP contribution < -0.4 is 5.73 Å². The molecule has 1 amide bonds. The van der Waals surface area contributed by atoms with E-state index in [1.165, 1.54) is 0 Å². The number of guanidine groups is 1. The number of amides is 1. The van der Waals surface area contributed by atoms with Gasteiger partial charge in [-0.05, 0) is 31.9 Å². The smallest absolute Gasteiger partial charge is 0.284 e. The van der Waals surface area contributed by atoms with Gasteiger partial charge in [-0.25, -0.2) is 0 Å². The Morgan fingerprint density at radius 2 is 1.35 bits per heavy atom. The summed E-state index contributed by atoms with van der Waals surface area (Å²) in [6.07, 6.45) is 0. The van der Waals surface area contributed by atoms with E-state index >= 15 is 0 Å². The number of hydrogen-bond acceptors (Lipinski definition) is 3. The van der Waals surface area contributed by atoms with E-state index in [0.29, 0.717) is 0 Å². The Labute approximate surface area is 136 Å². The first-order valence-corrected chi connectivity index (χ1v) is 7.68. The Bertz CT molecular complexity index is 706. The van der Waals surface area contributed by atoms with Crippen LogP contribution in [0.5, 0.6) is 0 Å². The molecular weight excluding hydrogens is 286 g/mol. The van der Waals surface area contributed by atoms with E-state index in [9.17, 15) is 4.79 Å². The Balaban J connectivity index is 2.35. The van der Waals surface area contributed by atoms with Gasteiger partial charge in [0, 0.05) is 5.54 Å². The number of carbonyl (C=O) groups excluding carboxylic acids is 1. The lowest BCUT2D eigenvalue weighted by Crippen LogP contribution is -2.59. The highest BCUT2D eigenvalue weighted by Crippen LogP contribution is 2.44. The van der Waals surface area contributed by atoms with E-state index in [-0.39, 0.29) is 17.4 Å². The molecule has 23 heavy (non-hydrogen) atoms. The fourth-order valence-electron chi connectivity index (χ4n) is 3.38. The molecule has 118 valence electrons. The SMILES string of the molecule is CC(C)(C)N1C(N)=NC(=O)C1(c1ccccc1)c1ccccc1. The summed E-state index contributed by atoms with van der Waals surface area (Å²) in [6, 6.07) is 19.4. The van der Waals surface area contributed by atoms with Crippen molar-refractivity contribution >= 4 is 11.9 Å². The fourth-order valence-corrected chi connectivity index (χ4v) is 3.38. The highest BCUT2D eigenvalue weighted by Gasteiger charge is 2.55. The van der Waals surface area contributed by atoms with Crippen LogP contribution in [-0.4, -0.2) is 22.3 Å². The predicted octanol–water partition coefficient (Wildman–Crippen LogP) is 2.89. The first kappa shape index (κ1) is 15.3. The molecule has 1 aliphatic rings. The molecule has 0 saturated heterocycles. The van der Waals surface area contributed by atoms with E-state index < -0.39 is 5.54 Å². The van der Waals surface area contributed by atoms with Crippen molar-refractivity contribution in [2.24, 2.45) is 10.7 Å². The maximum Gasteiger partial charge on any atom is 0.284 e. The number of aliphatic imine (C=N–C) groups is 1. The summed E-state index contributed by atoms with van der Waals surface area (Å²) >= 11 is 0. The van der Waals surface area contributed by atoms with Crippen molar-refractivity contribution in [3.63, 3.8) is 0 Å². The standard InChI is InChI=1S/C19H21N3O/c1-18(2,3)22-17(20)21-16(23)19(22,14-10-6-4-7-11-14)15-12-8-5-9-13-15/h4-13H,1-3H3,(H2,20,21,23). The average molecular weight is 307 g/mol. The topological polar surface area (TPSA) is 58.7 Å². The lowest BCUT2D eigenvalue weighted by Gasteiger charge is -2.46. The van der Waals surface area contributed by atoms with Gasteiger partial charge in [0.1, 0.15) is 0 Å². The van der Waals surface area contributed by atoms with Crippen molar-refractivity contribution in [2.75, 3.05) is 0 Å². The molecule has 0 radical (unpaired) electrons. The van der Waals surface area contributed by atoms with Gasteiger partial charge in [0.05, 0.1) is 0 Å². The van der Waals surface area contributed by atoms with E-state index in [2.05, 4.69) is 4.99 Å². The summed E-state index contributed by atoms with van der Waals surface area (Å²) in [5.74, 6) is 0.0116. The van der Waals surface area contributed by atoms with Crippen molar-refractivity contribution in [1.82, 2.24) is 4.90 Å². The van der Waals surface area contributed by atoms with Gasteiger partial charge in [-0.3, -0.25) is 4.79 Å². The monoisotopic (exact) mass is 307 g/mol. The van der Waals surface area contributed by atoms with Crippen LogP contribution in [0.25, 0.3) is 0 Å². The zero-order valence-corrected chi connectivity index (χ0v) is 13.7. The molecular formula is C19H21N3O. The van der Waals surface area contributed by atoms with Crippen molar-refractivity contribution in [3.05, 3.63) is 71.8 Å². The summed E-state index contributed by atoms with van der Waals surface area (Å²) < 4.78 is 0. The van der Waals surface area contributed by atoms with E-state index in [1.54, 1.807) is 0 Å². The highest BCUT2D eigenvalue weighted by atomic mass is 16.2. The van der Waals surface area contributed by atoms with Crippen molar-refractivity contribution in [1.29, 1.82) is 0 Å². The van der Waals surface area contributed by atoms with Crippen LogP contribution >= 0.6 is 0 Å². The number of hydrogen-bond donors (Lipinski definition) is 1. The molecule has 1 heterocycles. The minimum Gasteiger partial charge on any atom is -0.369 e. The quantitative estimate of drug-likeness (QED) is 0.928. The maximum atomic E-state index is 13.1. The first-order valence-electron chi connectivity index (χ1n) is 7.68. The highest BCUT2D eigenvalue weighted by molar-refractivity contribution is 6.08. The van der Waals surface area contributed by atoms with E-state index in [4.69, 9.17) is 5.73 Å². The minimum atomic E-state index is -1.02. The van der Waals surface area contributed by atoms with Gasteiger partial charge in [-0.1, -0.05) is 60.7 Å². The second kappa shape index (κ2) is 5.23. The average Bonchev–Trinajstić information content (AvgIpc) is 2.80. The Morgan fingerprint density at radius 1 is 0.913 bits per heavy atom. The van der Waals surface area contributed by atoms with Crippen LogP contribution in [0, 0.1) is 0 Å². The third kappa shape index (κ3) is 2.22. The maximum absolute atomic E-state index is 13.1. The van der Waals surface area contributed by atoms with Crippen LogP contribution in [0.15, 0.2) is 65.7 Å². The Kier molecular flexibility index (Phi) is 3.48. The van der Waals surface area contributed by atoms with E-state index in [0.717, 1.165) is 11.1 Å². The summed E-state index contributed by atoms with van der Waals surface area (Å²) in [6.45, 7) is 6.11. The van der Waals surface area contributed by atoms with Gasteiger partial charge in [0.15, 0.2) is 5.54 Å². The number of nitrogens with zero attached hydrogens (tertiary/aromatic N) is 2. The number of nitrogens with two attached hydrogens (primary N) is 1. The minimum absolute atomic E-state index is 0.248. The van der Waals surface area contributed by atoms with Crippen molar-refractivity contribution in [3.8, 4) is 0 Å². The fraction of sp³-hybridized carbons (Fsp3) is 0.263. The molecule has 0 spiro atoms. The molecule has 4 heteroatoms. The molecule has 2 aromatic rings. The van der Waals surface area contributed by atoms with Gasteiger partial charge in [-0.2, -0.15) is 4.99 Å². The predicted molar refractivity (Wildman–Crippen MR) is 91.9 cm³/mol. The Hall–Kier alpha value is -2.62. The molecule has 0 fully saturated rings. The second-order valence-corrected chi connectivity index (χ2v) is 6.72. The third-order valence-electron chi connectivity index (χ3n) is 4.14. The van der Waals surface area contributed by atoms with Crippen LogP contribution in [-0.2, 0) is 10.3 Å². The van der Waals surface area contributed by atoms with Crippen LogP contribution in [0.1, 0.15) is 31.9 Å².